The summed E-state index contributed by atoms with van der Waals surface area (Å²) < 4.78 is 5.19. The molecule has 2 aromatic rings. The number of carbonyl (C=O) groups is 2. The van der Waals surface area contributed by atoms with Crippen LogP contribution < -0.4 is 26.9 Å². The summed E-state index contributed by atoms with van der Waals surface area (Å²) in [6, 6.07) is 12.2. The molecule has 0 saturated heterocycles. The van der Waals surface area contributed by atoms with Crippen LogP contribution in [0.4, 0.5) is 0 Å². The quantitative estimate of drug-likeness (QED) is 0.166. The van der Waals surface area contributed by atoms with Crippen molar-refractivity contribution in [1.29, 1.82) is 0 Å². The maximum Gasteiger partial charge on any atom is 0.269 e. The van der Waals surface area contributed by atoms with Crippen molar-refractivity contribution in [3.05, 3.63) is 76.1 Å². The smallest absolute Gasteiger partial charge is 0.269 e. The predicted molar refractivity (Wildman–Crippen MR) is 135 cm³/mol. The lowest BCUT2D eigenvalue weighted by Crippen LogP contribution is -2.38. The van der Waals surface area contributed by atoms with Gasteiger partial charge in [0, 0.05) is 31.0 Å². The fraction of sp³-hybridized carbons (Fsp3) is 0.292. The molecule has 0 aliphatic rings. The number of methoxy groups -OCH3 is 1. The summed E-state index contributed by atoms with van der Waals surface area (Å²) in [5.41, 5.74) is 8.28. The minimum atomic E-state index is -0.491. The molecule has 0 aliphatic heterocycles. The largest absolute Gasteiger partial charge is 0.496 e. The zero-order chi connectivity index (χ0) is 25.1. The molecule has 182 valence electrons. The topological polar surface area (TPSA) is 135 Å². The fourth-order valence-electron chi connectivity index (χ4n) is 3.09. The third kappa shape index (κ3) is 7.79. The Kier molecular flexibility index (Phi) is 10.4. The van der Waals surface area contributed by atoms with Gasteiger partial charge in [-0.1, -0.05) is 42.8 Å². The van der Waals surface area contributed by atoms with Crippen molar-refractivity contribution in [1.82, 2.24) is 15.6 Å². The summed E-state index contributed by atoms with van der Waals surface area (Å²) in [5.74, 6) is 5.46. The molecule has 9 nitrogen and oxygen atoms in total. The van der Waals surface area contributed by atoms with Gasteiger partial charge in [0.1, 0.15) is 11.4 Å². The minimum absolute atomic E-state index is 0.0760. The summed E-state index contributed by atoms with van der Waals surface area (Å²) in [6.07, 6.45) is 3.87. The Morgan fingerprint density at radius 1 is 1.24 bits per heavy atom. The number of nitrogens with zero attached hydrogens (tertiary/aromatic N) is 2. The van der Waals surface area contributed by atoms with Gasteiger partial charge in [0.2, 0.25) is 0 Å². The van der Waals surface area contributed by atoms with Gasteiger partial charge in [0.05, 0.1) is 25.3 Å². The molecule has 0 radical (unpaired) electrons. The highest BCUT2D eigenvalue weighted by atomic mass is 35.5. The number of hydrogen-bond acceptors (Lipinski definition) is 7. The van der Waals surface area contributed by atoms with Crippen molar-refractivity contribution in [2.24, 2.45) is 16.6 Å². The van der Waals surface area contributed by atoms with Crippen LogP contribution in [-0.4, -0.2) is 50.3 Å². The molecule has 2 rings (SSSR count). The highest BCUT2D eigenvalue weighted by Crippen LogP contribution is 2.22. The van der Waals surface area contributed by atoms with E-state index in [1.807, 2.05) is 24.3 Å². The molecule has 0 aromatic heterocycles. The van der Waals surface area contributed by atoms with Crippen LogP contribution in [0.1, 0.15) is 34.5 Å². The first-order chi connectivity index (χ1) is 16.3. The highest BCUT2D eigenvalue weighted by Gasteiger charge is 2.15. The molecule has 1 unspecified atom stereocenters. The number of carbonyl (C=O) groups excluding carboxylic acids is 2. The second kappa shape index (κ2) is 13.2. The maximum absolute atomic E-state index is 12.6. The number of hydrazine groups is 1. The van der Waals surface area contributed by atoms with Crippen molar-refractivity contribution in [3.8, 4) is 5.75 Å². The van der Waals surface area contributed by atoms with Crippen LogP contribution in [0, 0.1) is 0 Å². The fourth-order valence-corrected chi connectivity index (χ4v) is 3.25. The lowest BCUT2D eigenvalue weighted by Gasteiger charge is -2.18. The number of rotatable bonds is 11. The van der Waals surface area contributed by atoms with Gasteiger partial charge in [-0.3, -0.25) is 14.6 Å². The van der Waals surface area contributed by atoms with Crippen LogP contribution in [0.15, 0.2) is 59.4 Å². The molecule has 0 heterocycles. The average Bonchev–Trinajstić information content (AvgIpc) is 2.83. The number of amides is 2. The van der Waals surface area contributed by atoms with Gasteiger partial charge in [-0.2, -0.15) is 0 Å². The van der Waals surface area contributed by atoms with E-state index in [0.717, 1.165) is 12.0 Å². The zero-order valence-electron chi connectivity index (χ0n) is 19.5. The number of nitrogens with one attached hydrogen (secondary N) is 2. The zero-order valence-corrected chi connectivity index (χ0v) is 20.3. The van der Waals surface area contributed by atoms with Crippen molar-refractivity contribution < 1.29 is 14.3 Å². The van der Waals surface area contributed by atoms with E-state index >= 15 is 0 Å². The highest BCUT2D eigenvalue weighted by molar-refractivity contribution is 6.30. The number of benzene rings is 2. The molecular weight excluding hydrogens is 456 g/mol. The Morgan fingerprint density at radius 2 is 1.94 bits per heavy atom. The van der Waals surface area contributed by atoms with Gasteiger partial charge in [0.25, 0.3) is 11.8 Å². The molecule has 0 aliphatic carbocycles. The van der Waals surface area contributed by atoms with Crippen molar-refractivity contribution >= 4 is 29.6 Å². The number of halogens is 1. The molecule has 0 fully saturated rings. The Balaban J connectivity index is 1.92. The van der Waals surface area contributed by atoms with Crippen LogP contribution in [-0.2, 0) is 11.2 Å². The second-order valence-corrected chi connectivity index (χ2v) is 7.81. The van der Waals surface area contributed by atoms with E-state index in [4.69, 9.17) is 27.9 Å². The Bertz CT molecular complexity index is 1040. The number of nitrogens with two attached hydrogens (primary N) is 2. The normalized spacial score (nSPS) is 12.3. The third-order valence-corrected chi connectivity index (χ3v) is 5.20. The number of ether oxygens (including phenoxy) is 1. The number of aryl methyl sites for hydroxylation is 1. The van der Waals surface area contributed by atoms with Crippen LogP contribution in [0.3, 0.4) is 0 Å². The summed E-state index contributed by atoms with van der Waals surface area (Å²) in [6.45, 7) is 2.50. The van der Waals surface area contributed by atoms with Gasteiger partial charge in [0.15, 0.2) is 0 Å². The first kappa shape index (κ1) is 26.7. The first-order valence-electron chi connectivity index (χ1n) is 10.7. The van der Waals surface area contributed by atoms with Crippen LogP contribution in [0.2, 0.25) is 5.02 Å². The van der Waals surface area contributed by atoms with Gasteiger partial charge in [-0.25, -0.2) is 5.84 Å². The summed E-state index contributed by atoms with van der Waals surface area (Å²) in [5, 5.41) is 7.26. The molecule has 6 N–H and O–H groups in total. The Morgan fingerprint density at radius 3 is 2.56 bits per heavy atom. The van der Waals surface area contributed by atoms with Crippen LogP contribution in [0.5, 0.6) is 5.75 Å². The second-order valence-electron chi connectivity index (χ2n) is 7.38. The monoisotopic (exact) mass is 486 g/mol. The van der Waals surface area contributed by atoms with E-state index in [0.29, 0.717) is 16.3 Å². The molecule has 1 atom stereocenters. The summed E-state index contributed by atoms with van der Waals surface area (Å²) in [7, 11) is 3.09. The molecule has 0 spiro atoms. The molecule has 2 amide bonds. The molecular formula is C24H31ClN6O3. The Hall–Kier alpha value is -3.56. The van der Waals surface area contributed by atoms with Crippen molar-refractivity contribution in [2.45, 2.75) is 19.4 Å². The van der Waals surface area contributed by atoms with Gasteiger partial charge >= 0.3 is 0 Å². The molecule has 34 heavy (non-hydrogen) atoms. The summed E-state index contributed by atoms with van der Waals surface area (Å²) in [4.78, 5) is 29.0. The van der Waals surface area contributed by atoms with Crippen molar-refractivity contribution in [2.75, 3.05) is 27.2 Å². The van der Waals surface area contributed by atoms with E-state index in [1.165, 1.54) is 23.9 Å². The minimum Gasteiger partial charge on any atom is -0.496 e. The number of aliphatic imine (C=N–C) groups is 1. The van der Waals surface area contributed by atoms with E-state index in [2.05, 4.69) is 22.5 Å². The Labute approximate surface area is 204 Å². The standard InChI is InChI=1S/C24H31ClN6O3/c1-4-16-5-7-17(8-6-16)21(14-28-2)30-24(33)20(26)15-31(27)12-11-29-23(32)19-10-9-18(25)13-22(19)34-3/h5-10,13-15,21H,4,11-12,26-27H2,1-3H3,(H,29,32)(H,30,33)/b20-15-,28-14?. The molecule has 10 heteroatoms. The van der Waals surface area contributed by atoms with Crippen LogP contribution in [0.25, 0.3) is 0 Å². The third-order valence-electron chi connectivity index (χ3n) is 4.96. The number of hydrogen-bond donors (Lipinski definition) is 4. The lowest BCUT2D eigenvalue weighted by atomic mass is 10.0. The van der Waals surface area contributed by atoms with E-state index in [1.54, 1.807) is 31.5 Å². The van der Waals surface area contributed by atoms with Gasteiger partial charge in [-0.15, -0.1) is 0 Å². The van der Waals surface area contributed by atoms with Crippen molar-refractivity contribution in [3.63, 3.8) is 0 Å². The van der Waals surface area contributed by atoms with E-state index in [-0.39, 0.29) is 24.7 Å². The lowest BCUT2D eigenvalue weighted by molar-refractivity contribution is -0.117. The average molecular weight is 487 g/mol. The van der Waals surface area contributed by atoms with E-state index < -0.39 is 11.9 Å². The first-order valence-corrected chi connectivity index (χ1v) is 11.1. The molecule has 0 saturated carbocycles. The molecule has 0 bridgehead atoms. The SMILES string of the molecule is CCc1ccc(C(C=NC)NC(=O)/C(N)=C/N(N)CCNC(=O)c2ccc(Cl)cc2OC)cc1. The van der Waals surface area contributed by atoms with Gasteiger partial charge < -0.3 is 26.1 Å². The maximum atomic E-state index is 12.6. The van der Waals surface area contributed by atoms with Gasteiger partial charge in [-0.05, 0) is 35.7 Å². The van der Waals surface area contributed by atoms with E-state index in [9.17, 15) is 9.59 Å². The van der Waals surface area contributed by atoms with Crippen LogP contribution >= 0.6 is 11.6 Å². The summed E-state index contributed by atoms with van der Waals surface area (Å²) >= 11 is 5.92. The molecule has 2 aromatic carbocycles. The predicted octanol–water partition coefficient (Wildman–Crippen LogP) is 2.17.